The quantitative estimate of drug-likeness (QED) is 0.909. The number of piperidine rings is 1. The monoisotopic (exact) mass is 290 g/mol. The summed E-state index contributed by atoms with van der Waals surface area (Å²) in [5.74, 6) is 0. The van der Waals surface area contributed by atoms with E-state index in [9.17, 15) is 4.79 Å². The molecule has 0 saturated carbocycles. The number of rotatable bonds is 2. The molecule has 0 radical (unpaired) electrons. The van der Waals surface area contributed by atoms with Gasteiger partial charge in [-0.3, -0.25) is 9.78 Å². The van der Waals surface area contributed by atoms with Gasteiger partial charge < -0.3 is 5.32 Å². The van der Waals surface area contributed by atoms with Gasteiger partial charge in [0.1, 0.15) is 0 Å². The van der Waals surface area contributed by atoms with E-state index in [1.54, 1.807) is 18.3 Å². The molecule has 1 aromatic heterocycles. The van der Waals surface area contributed by atoms with Crippen molar-refractivity contribution >= 4 is 46.7 Å². The summed E-state index contributed by atoms with van der Waals surface area (Å²) < 4.78 is 0. The zero-order valence-electron chi connectivity index (χ0n) is 9.51. The van der Waals surface area contributed by atoms with E-state index in [0.29, 0.717) is 5.25 Å². The Labute approximate surface area is 116 Å². The van der Waals surface area contributed by atoms with Gasteiger partial charge in [0.05, 0.1) is 5.51 Å². The molecule has 1 N–H and O–H groups in total. The summed E-state index contributed by atoms with van der Waals surface area (Å²) in [4.78, 5) is 16.4. The number of carbonyl (C=O) groups is 1. The molecule has 1 saturated heterocycles. The molecular weight excluding hydrogens is 276 g/mol. The highest BCUT2D eigenvalue weighted by molar-refractivity contribution is 8.14. The van der Waals surface area contributed by atoms with Crippen molar-refractivity contribution < 1.29 is 4.79 Å². The summed E-state index contributed by atoms with van der Waals surface area (Å²) in [6.45, 7) is 3.50. The molecule has 17 heavy (non-hydrogen) atoms. The topological polar surface area (TPSA) is 42.0 Å². The van der Waals surface area contributed by atoms with E-state index in [4.69, 9.17) is 0 Å². The summed E-state index contributed by atoms with van der Waals surface area (Å²) in [6, 6.07) is 0. The second-order valence-corrected chi connectivity index (χ2v) is 5.98. The number of aromatic nitrogens is 1. The van der Waals surface area contributed by atoms with Gasteiger partial charge in [-0.2, -0.15) is 0 Å². The first-order chi connectivity index (χ1) is 7.75. The molecule has 1 fully saturated rings. The Bertz CT molecular complexity index is 392. The average molecular weight is 291 g/mol. The molecule has 2 rings (SSSR count). The lowest BCUT2D eigenvalue weighted by Gasteiger charge is -2.24. The minimum atomic E-state index is 0. The number of halogens is 1. The number of hydrogen-bond donors (Lipinski definition) is 1. The smallest absolute Gasteiger partial charge is 0.186 e. The van der Waals surface area contributed by atoms with E-state index in [2.05, 4.69) is 16.4 Å². The number of thiazole rings is 1. The summed E-state index contributed by atoms with van der Waals surface area (Å²) >= 11 is 3.07. The van der Waals surface area contributed by atoms with Crippen LogP contribution in [0.5, 0.6) is 0 Å². The fraction of sp³-hybridized carbons (Fsp3) is 0.455. The number of hydrogen-bond acceptors (Lipinski definition) is 5. The highest BCUT2D eigenvalue weighted by atomic mass is 35.5. The number of thioether (sulfide) groups is 1. The van der Waals surface area contributed by atoms with Crippen LogP contribution in [0.1, 0.15) is 18.2 Å². The Kier molecular flexibility index (Phi) is 6.19. The molecule has 0 bridgehead atoms. The third kappa shape index (κ3) is 4.43. The molecule has 2 heterocycles. The minimum Gasteiger partial charge on any atom is -0.313 e. The molecule has 1 aliphatic heterocycles. The van der Waals surface area contributed by atoms with Crippen LogP contribution < -0.4 is 5.32 Å². The summed E-state index contributed by atoms with van der Waals surface area (Å²) in [6.07, 6.45) is 5.04. The molecule has 94 valence electrons. The van der Waals surface area contributed by atoms with Gasteiger partial charge in [0.2, 0.25) is 0 Å². The fourth-order valence-electron chi connectivity index (χ4n) is 1.72. The molecule has 1 aliphatic rings. The number of nitrogens with one attached hydrogen (secondary N) is 1. The van der Waals surface area contributed by atoms with Crippen LogP contribution in [0, 0.1) is 0 Å². The van der Waals surface area contributed by atoms with E-state index in [1.165, 1.54) is 17.3 Å². The first-order valence-electron chi connectivity index (χ1n) is 5.22. The molecular formula is C11H15ClN2OS2. The highest BCUT2D eigenvalue weighted by Gasteiger charge is 2.20. The van der Waals surface area contributed by atoms with Crippen molar-refractivity contribution in [1.82, 2.24) is 10.3 Å². The minimum absolute atomic E-state index is 0. The largest absolute Gasteiger partial charge is 0.313 e. The number of carbonyl (C=O) groups excluding carboxylic acids is 1. The van der Waals surface area contributed by atoms with E-state index in [-0.39, 0.29) is 17.5 Å². The van der Waals surface area contributed by atoms with Gasteiger partial charge in [-0.1, -0.05) is 11.8 Å². The van der Waals surface area contributed by atoms with Gasteiger partial charge in [0, 0.05) is 29.8 Å². The maximum atomic E-state index is 11.2. The Morgan fingerprint density at radius 2 is 2.53 bits per heavy atom. The van der Waals surface area contributed by atoms with Crippen LogP contribution in [0.3, 0.4) is 0 Å². The summed E-state index contributed by atoms with van der Waals surface area (Å²) in [7, 11) is 0. The predicted octanol–water partition coefficient (Wildman–Crippen LogP) is 2.59. The van der Waals surface area contributed by atoms with Crippen molar-refractivity contribution in [1.29, 1.82) is 0 Å². The van der Waals surface area contributed by atoms with Crippen LogP contribution >= 0.6 is 35.5 Å². The SMILES string of the molecule is CC(=O)SC1CCNC/C1=C/c1cncs1.Cl. The van der Waals surface area contributed by atoms with Crippen molar-refractivity contribution in [3.8, 4) is 0 Å². The predicted molar refractivity (Wildman–Crippen MR) is 76.9 cm³/mol. The van der Waals surface area contributed by atoms with Gasteiger partial charge in [0.25, 0.3) is 0 Å². The van der Waals surface area contributed by atoms with Crippen LogP contribution in [0.15, 0.2) is 17.3 Å². The lowest BCUT2D eigenvalue weighted by atomic mass is 10.1. The van der Waals surface area contributed by atoms with Gasteiger partial charge in [0.15, 0.2) is 5.12 Å². The van der Waals surface area contributed by atoms with E-state index in [1.807, 2.05) is 11.7 Å². The maximum Gasteiger partial charge on any atom is 0.186 e. The third-order valence-electron chi connectivity index (χ3n) is 2.41. The van der Waals surface area contributed by atoms with Crippen LogP contribution in [0.4, 0.5) is 0 Å². The van der Waals surface area contributed by atoms with Gasteiger partial charge in [-0.05, 0) is 24.6 Å². The lowest BCUT2D eigenvalue weighted by Crippen LogP contribution is -2.32. The molecule has 0 aliphatic carbocycles. The average Bonchev–Trinajstić information content (AvgIpc) is 2.73. The third-order valence-corrected chi connectivity index (χ3v) is 4.29. The van der Waals surface area contributed by atoms with Gasteiger partial charge in [-0.15, -0.1) is 23.7 Å². The zero-order chi connectivity index (χ0) is 11.4. The number of nitrogens with zero attached hydrogens (tertiary/aromatic N) is 1. The Morgan fingerprint density at radius 1 is 1.71 bits per heavy atom. The zero-order valence-corrected chi connectivity index (χ0v) is 12.0. The first-order valence-corrected chi connectivity index (χ1v) is 6.98. The van der Waals surface area contributed by atoms with Crippen molar-refractivity contribution in [2.75, 3.05) is 13.1 Å². The summed E-state index contributed by atoms with van der Waals surface area (Å²) in [5, 5.41) is 3.87. The molecule has 0 amide bonds. The standard InChI is InChI=1S/C11H14N2OS2.ClH/c1-8(14)16-11-2-3-12-5-9(11)4-10-6-13-7-15-10;/h4,6-7,11-12H,2-3,5H2,1H3;1H/b9-4-;. The molecule has 6 heteroatoms. The van der Waals surface area contributed by atoms with Crippen LogP contribution in [0.25, 0.3) is 6.08 Å². The lowest BCUT2D eigenvalue weighted by molar-refractivity contribution is -0.109. The van der Waals surface area contributed by atoms with Crippen molar-refractivity contribution in [3.63, 3.8) is 0 Å². The van der Waals surface area contributed by atoms with Crippen molar-refractivity contribution in [2.45, 2.75) is 18.6 Å². The van der Waals surface area contributed by atoms with Crippen LogP contribution in [0.2, 0.25) is 0 Å². The van der Waals surface area contributed by atoms with Crippen molar-refractivity contribution in [2.24, 2.45) is 0 Å². The molecule has 3 nitrogen and oxygen atoms in total. The molecule has 1 unspecified atom stereocenters. The molecule has 1 aromatic rings. The second kappa shape index (κ2) is 7.16. The van der Waals surface area contributed by atoms with E-state index >= 15 is 0 Å². The highest BCUT2D eigenvalue weighted by Crippen LogP contribution is 2.27. The van der Waals surface area contributed by atoms with E-state index in [0.717, 1.165) is 24.4 Å². The molecule has 0 aromatic carbocycles. The maximum absolute atomic E-state index is 11.2. The first kappa shape index (κ1) is 14.7. The molecule has 1 atom stereocenters. The van der Waals surface area contributed by atoms with Gasteiger partial charge in [-0.25, -0.2) is 0 Å². The van der Waals surface area contributed by atoms with E-state index < -0.39 is 0 Å². The van der Waals surface area contributed by atoms with Crippen LogP contribution in [-0.2, 0) is 4.79 Å². The Balaban J connectivity index is 0.00000144. The van der Waals surface area contributed by atoms with Gasteiger partial charge >= 0.3 is 0 Å². The van der Waals surface area contributed by atoms with Crippen LogP contribution in [-0.4, -0.2) is 28.4 Å². The normalized spacial score (nSPS) is 22.2. The molecule has 0 spiro atoms. The Morgan fingerprint density at radius 3 is 3.18 bits per heavy atom. The second-order valence-electron chi connectivity index (χ2n) is 3.69. The summed E-state index contributed by atoms with van der Waals surface area (Å²) in [5.41, 5.74) is 3.13. The fourth-order valence-corrected chi connectivity index (χ4v) is 3.25. The van der Waals surface area contributed by atoms with Crippen molar-refractivity contribution in [3.05, 3.63) is 22.2 Å². The Hall–Kier alpha value is -0.360.